The van der Waals surface area contributed by atoms with Crippen LogP contribution in [-0.4, -0.2) is 43.1 Å². The summed E-state index contributed by atoms with van der Waals surface area (Å²) >= 11 is 0. The molecule has 0 bridgehead atoms. The SMILES string of the molecule is CN=C(NCc1ccc(C#N)cc1F)NC1CCCN(C2CCCCC2)C1.I. The molecule has 1 aliphatic carbocycles. The Balaban J connectivity index is 0.00000280. The lowest BCUT2D eigenvalue weighted by Gasteiger charge is -2.40. The quantitative estimate of drug-likeness (QED) is 0.376. The summed E-state index contributed by atoms with van der Waals surface area (Å²) in [5.41, 5.74) is 0.869. The fourth-order valence-electron chi connectivity index (χ4n) is 4.23. The second-order valence-corrected chi connectivity index (χ2v) is 7.61. The van der Waals surface area contributed by atoms with E-state index in [-0.39, 0.29) is 29.8 Å². The molecule has 154 valence electrons. The standard InChI is InChI=1S/C21H30FN5.HI/c1-24-21(25-14-17-10-9-16(13-23)12-20(17)22)26-18-6-5-11-27(15-18)19-7-3-2-4-8-19;/h9-10,12,18-19H,2-8,11,14-15H2,1H3,(H2,24,25,26);1H. The van der Waals surface area contributed by atoms with Gasteiger partial charge in [0.25, 0.3) is 0 Å². The average Bonchev–Trinajstić information content (AvgIpc) is 2.72. The van der Waals surface area contributed by atoms with E-state index in [2.05, 4.69) is 20.5 Å². The third-order valence-corrected chi connectivity index (χ3v) is 5.74. The van der Waals surface area contributed by atoms with E-state index in [1.54, 1.807) is 19.2 Å². The number of aliphatic imine (C=N–C) groups is 1. The molecule has 7 heteroatoms. The summed E-state index contributed by atoms with van der Waals surface area (Å²) in [5.74, 6) is 0.340. The first-order chi connectivity index (χ1) is 13.2. The smallest absolute Gasteiger partial charge is 0.191 e. The molecule has 1 aliphatic heterocycles. The molecular weight excluding hydrogens is 468 g/mol. The highest BCUT2D eigenvalue weighted by Gasteiger charge is 2.27. The molecule has 1 heterocycles. The van der Waals surface area contributed by atoms with E-state index in [9.17, 15) is 4.39 Å². The summed E-state index contributed by atoms with van der Waals surface area (Å²) in [7, 11) is 1.74. The van der Waals surface area contributed by atoms with E-state index in [1.807, 2.05) is 6.07 Å². The number of rotatable bonds is 4. The van der Waals surface area contributed by atoms with E-state index in [4.69, 9.17) is 5.26 Å². The molecule has 1 atom stereocenters. The molecule has 0 spiro atoms. The Hall–Kier alpha value is -1.40. The number of nitrogens with one attached hydrogen (secondary N) is 2. The minimum Gasteiger partial charge on any atom is -0.352 e. The maximum Gasteiger partial charge on any atom is 0.191 e. The van der Waals surface area contributed by atoms with Crippen LogP contribution < -0.4 is 10.6 Å². The van der Waals surface area contributed by atoms with Gasteiger partial charge in [0, 0.05) is 37.8 Å². The van der Waals surface area contributed by atoms with Crippen LogP contribution in [-0.2, 0) is 6.54 Å². The summed E-state index contributed by atoms with van der Waals surface area (Å²) < 4.78 is 14.0. The van der Waals surface area contributed by atoms with Gasteiger partial charge in [-0.3, -0.25) is 9.89 Å². The molecule has 3 rings (SSSR count). The van der Waals surface area contributed by atoms with E-state index in [0.717, 1.165) is 19.0 Å². The number of hydrogen-bond acceptors (Lipinski definition) is 3. The monoisotopic (exact) mass is 499 g/mol. The van der Waals surface area contributed by atoms with Crippen molar-refractivity contribution in [2.45, 2.75) is 63.6 Å². The van der Waals surface area contributed by atoms with Crippen LogP contribution in [0, 0.1) is 17.1 Å². The Morgan fingerprint density at radius 3 is 2.71 bits per heavy atom. The van der Waals surface area contributed by atoms with E-state index < -0.39 is 0 Å². The molecular formula is C21H31FIN5. The Morgan fingerprint density at radius 2 is 2.04 bits per heavy atom. The maximum absolute atomic E-state index is 14.0. The Bertz CT molecular complexity index is 697. The van der Waals surface area contributed by atoms with Crippen molar-refractivity contribution in [3.63, 3.8) is 0 Å². The molecule has 0 amide bonds. The summed E-state index contributed by atoms with van der Waals surface area (Å²) in [5, 5.41) is 15.6. The van der Waals surface area contributed by atoms with Crippen LogP contribution in [0.4, 0.5) is 4.39 Å². The molecule has 0 radical (unpaired) electrons. The highest BCUT2D eigenvalue weighted by atomic mass is 127. The van der Waals surface area contributed by atoms with Crippen molar-refractivity contribution >= 4 is 29.9 Å². The summed E-state index contributed by atoms with van der Waals surface area (Å²) in [6.45, 7) is 2.60. The fourth-order valence-corrected chi connectivity index (χ4v) is 4.23. The van der Waals surface area contributed by atoms with E-state index in [0.29, 0.717) is 29.7 Å². The number of nitrogens with zero attached hydrogens (tertiary/aromatic N) is 3. The van der Waals surface area contributed by atoms with Crippen molar-refractivity contribution in [1.82, 2.24) is 15.5 Å². The van der Waals surface area contributed by atoms with Crippen LogP contribution in [0.1, 0.15) is 56.1 Å². The molecule has 5 nitrogen and oxygen atoms in total. The van der Waals surface area contributed by atoms with Crippen molar-refractivity contribution in [3.8, 4) is 6.07 Å². The molecule has 28 heavy (non-hydrogen) atoms. The predicted octanol–water partition coefficient (Wildman–Crippen LogP) is 3.78. The van der Waals surface area contributed by atoms with Crippen molar-refractivity contribution < 1.29 is 4.39 Å². The van der Waals surface area contributed by atoms with Gasteiger partial charge < -0.3 is 10.6 Å². The van der Waals surface area contributed by atoms with E-state index in [1.165, 1.54) is 51.1 Å². The first kappa shape index (κ1) is 22.9. The van der Waals surface area contributed by atoms with Gasteiger partial charge in [0.05, 0.1) is 11.6 Å². The molecule has 2 fully saturated rings. The van der Waals surface area contributed by atoms with Crippen molar-refractivity contribution in [1.29, 1.82) is 5.26 Å². The third-order valence-electron chi connectivity index (χ3n) is 5.74. The third kappa shape index (κ3) is 6.31. The molecule has 1 aromatic carbocycles. The van der Waals surface area contributed by atoms with Crippen molar-refractivity contribution in [2.75, 3.05) is 20.1 Å². The number of hydrogen-bond donors (Lipinski definition) is 2. The number of halogens is 2. The van der Waals surface area contributed by atoms with E-state index >= 15 is 0 Å². The summed E-state index contributed by atoms with van der Waals surface area (Å²) in [6.07, 6.45) is 9.10. The second-order valence-electron chi connectivity index (χ2n) is 7.61. The first-order valence-electron chi connectivity index (χ1n) is 10.1. The maximum atomic E-state index is 14.0. The van der Waals surface area contributed by atoms with Crippen LogP contribution in [0.5, 0.6) is 0 Å². The number of guanidine groups is 1. The number of nitriles is 1. The van der Waals surface area contributed by atoms with Gasteiger partial charge in [0.1, 0.15) is 5.82 Å². The van der Waals surface area contributed by atoms with Gasteiger partial charge in [0.2, 0.25) is 0 Å². The largest absolute Gasteiger partial charge is 0.352 e. The average molecular weight is 499 g/mol. The zero-order valence-electron chi connectivity index (χ0n) is 16.6. The normalized spacial score (nSPS) is 21.5. The second kappa shape index (κ2) is 11.6. The number of likely N-dealkylation sites (tertiary alicyclic amines) is 1. The molecule has 1 aromatic rings. The van der Waals surface area contributed by atoms with Crippen LogP contribution >= 0.6 is 24.0 Å². The minimum absolute atomic E-state index is 0. The summed E-state index contributed by atoms with van der Waals surface area (Å²) in [4.78, 5) is 6.95. The molecule has 1 unspecified atom stereocenters. The zero-order valence-corrected chi connectivity index (χ0v) is 18.9. The highest BCUT2D eigenvalue weighted by Crippen LogP contribution is 2.25. The van der Waals surface area contributed by atoms with Gasteiger partial charge in [-0.25, -0.2) is 4.39 Å². The molecule has 1 saturated carbocycles. The molecule has 1 saturated heterocycles. The highest BCUT2D eigenvalue weighted by molar-refractivity contribution is 14.0. The van der Waals surface area contributed by atoms with Gasteiger partial charge >= 0.3 is 0 Å². The van der Waals surface area contributed by atoms with Crippen LogP contribution in [0.15, 0.2) is 23.2 Å². The summed E-state index contributed by atoms with van der Waals surface area (Å²) in [6, 6.07) is 7.63. The topological polar surface area (TPSA) is 63.5 Å². The predicted molar refractivity (Wildman–Crippen MR) is 121 cm³/mol. The zero-order chi connectivity index (χ0) is 19.1. The molecule has 2 aliphatic rings. The van der Waals surface area contributed by atoms with Gasteiger partial charge in [-0.1, -0.05) is 25.3 Å². The first-order valence-corrected chi connectivity index (χ1v) is 10.1. The molecule has 0 aromatic heterocycles. The lowest BCUT2D eigenvalue weighted by atomic mass is 9.92. The number of piperidine rings is 1. The van der Waals surface area contributed by atoms with Gasteiger partial charge in [-0.2, -0.15) is 5.26 Å². The Labute approximate surface area is 184 Å². The van der Waals surface area contributed by atoms with Crippen LogP contribution in [0.3, 0.4) is 0 Å². The molecule has 2 N–H and O–H groups in total. The van der Waals surface area contributed by atoms with Crippen LogP contribution in [0.2, 0.25) is 0 Å². The Morgan fingerprint density at radius 1 is 1.25 bits per heavy atom. The van der Waals surface area contributed by atoms with Crippen molar-refractivity contribution in [3.05, 3.63) is 35.1 Å². The number of benzene rings is 1. The fraction of sp³-hybridized carbons (Fsp3) is 0.619. The Kier molecular flexibility index (Phi) is 9.45. The minimum atomic E-state index is -0.363. The van der Waals surface area contributed by atoms with Gasteiger partial charge in [0.15, 0.2) is 5.96 Å². The van der Waals surface area contributed by atoms with Gasteiger partial charge in [-0.05, 0) is 44.4 Å². The van der Waals surface area contributed by atoms with Crippen molar-refractivity contribution in [2.24, 2.45) is 4.99 Å². The van der Waals surface area contributed by atoms with Gasteiger partial charge in [-0.15, -0.1) is 24.0 Å². The lowest BCUT2D eigenvalue weighted by Crippen LogP contribution is -2.53. The lowest BCUT2D eigenvalue weighted by molar-refractivity contribution is 0.115. The van der Waals surface area contributed by atoms with Crippen LogP contribution in [0.25, 0.3) is 0 Å².